The fourth-order valence-corrected chi connectivity index (χ4v) is 4.48. The van der Waals surface area contributed by atoms with Gasteiger partial charge in [-0.25, -0.2) is 4.98 Å². The van der Waals surface area contributed by atoms with Gasteiger partial charge in [-0.3, -0.25) is 14.4 Å². The van der Waals surface area contributed by atoms with Gasteiger partial charge in [0.1, 0.15) is 5.75 Å². The van der Waals surface area contributed by atoms with Crippen LogP contribution in [0.1, 0.15) is 33.3 Å². The Kier molecular flexibility index (Phi) is 5.96. The van der Waals surface area contributed by atoms with Crippen LogP contribution >= 0.6 is 0 Å². The second-order valence-corrected chi connectivity index (χ2v) is 8.67. The number of nitrogens with zero attached hydrogens (tertiary/aromatic N) is 6. The van der Waals surface area contributed by atoms with Crippen LogP contribution < -0.4 is 4.74 Å². The number of ether oxygens (including phenoxy) is 1. The van der Waals surface area contributed by atoms with E-state index in [1.165, 1.54) is 29.2 Å². The van der Waals surface area contributed by atoms with Crippen molar-refractivity contribution in [3.8, 4) is 11.6 Å². The van der Waals surface area contributed by atoms with Gasteiger partial charge >= 0.3 is 0 Å². The first-order chi connectivity index (χ1) is 17.4. The fraction of sp³-hybridized carbons (Fsp3) is 0.280. The third kappa shape index (κ3) is 3.98. The average molecular weight is 488 g/mol. The van der Waals surface area contributed by atoms with E-state index in [2.05, 4.69) is 20.2 Å². The zero-order valence-electron chi connectivity index (χ0n) is 20.1. The average Bonchev–Trinajstić information content (AvgIpc) is 3.54. The Balaban J connectivity index is 1.39. The summed E-state index contributed by atoms with van der Waals surface area (Å²) in [5, 5.41) is 8.92. The van der Waals surface area contributed by atoms with E-state index in [4.69, 9.17) is 4.74 Å². The van der Waals surface area contributed by atoms with Gasteiger partial charge in [-0.15, -0.1) is 4.80 Å². The molecule has 0 radical (unpaired) electrons. The number of aryl methyl sites for hydroxylation is 1. The number of fused-ring (bicyclic) bond motifs is 1. The number of carbonyl (C=O) groups excluding carboxylic acids is 3. The summed E-state index contributed by atoms with van der Waals surface area (Å²) in [6.45, 7) is 4.53. The molecule has 1 aliphatic heterocycles. The molecule has 1 aromatic carbocycles. The minimum absolute atomic E-state index is 0.0922. The number of piperazine rings is 1. The second-order valence-electron chi connectivity index (χ2n) is 8.67. The fourth-order valence-electron chi connectivity index (χ4n) is 4.48. The Labute approximate surface area is 206 Å². The number of methoxy groups -OCH3 is 1. The number of hydrogen-bond acceptors (Lipinski definition) is 7. The predicted molar refractivity (Wildman–Crippen MR) is 130 cm³/mol. The standard InChI is InChI=1S/C25H25N7O4/c1-15-11-28-32(29-15)23-21-20(19(36-3)13-27-23)18(12-26-21)22(33)25(35)30-9-10-31(16(2)14-30)24(34)17-7-5-4-6-8-17/h4-8,11-13,16,26H,9-10,14H2,1-3H3/t16-/m1/s1. The number of aromatic amines is 1. The SMILES string of the molecule is COc1cnc(-n2ncc(C)n2)c2[nH]cc(C(=O)C(=O)N3CCN(C(=O)c4ccccc4)[C@H](C)C3)c12. The molecular weight excluding hydrogens is 462 g/mol. The van der Waals surface area contributed by atoms with Gasteiger partial charge in [-0.2, -0.15) is 10.2 Å². The molecule has 4 heterocycles. The lowest BCUT2D eigenvalue weighted by molar-refractivity contribution is -0.128. The number of aromatic nitrogens is 5. The van der Waals surface area contributed by atoms with Crippen molar-refractivity contribution < 1.29 is 19.1 Å². The second kappa shape index (κ2) is 9.25. The highest BCUT2D eigenvalue weighted by Crippen LogP contribution is 2.31. The maximum Gasteiger partial charge on any atom is 0.295 e. The van der Waals surface area contributed by atoms with Crippen LogP contribution in [0, 0.1) is 6.92 Å². The Morgan fingerprint density at radius 3 is 2.56 bits per heavy atom. The highest BCUT2D eigenvalue weighted by molar-refractivity contribution is 6.45. The monoisotopic (exact) mass is 487 g/mol. The lowest BCUT2D eigenvalue weighted by Crippen LogP contribution is -2.56. The molecule has 0 saturated carbocycles. The molecule has 11 heteroatoms. The van der Waals surface area contributed by atoms with Crippen LogP contribution in [0.25, 0.3) is 16.7 Å². The lowest BCUT2D eigenvalue weighted by Gasteiger charge is -2.39. The van der Waals surface area contributed by atoms with Gasteiger partial charge in [-0.1, -0.05) is 18.2 Å². The summed E-state index contributed by atoms with van der Waals surface area (Å²) >= 11 is 0. The molecule has 0 spiro atoms. The first kappa shape index (κ1) is 23.2. The van der Waals surface area contributed by atoms with Crippen LogP contribution in [0.4, 0.5) is 0 Å². The van der Waals surface area contributed by atoms with Crippen LogP contribution in [-0.4, -0.2) is 85.1 Å². The van der Waals surface area contributed by atoms with Crippen molar-refractivity contribution in [2.24, 2.45) is 0 Å². The molecule has 184 valence electrons. The molecule has 0 aliphatic carbocycles. The highest BCUT2D eigenvalue weighted by atomic mass is 16.5. The first-order valence-corrected chi connectivity index (χ1v) is 11.5. The van der Waals surface area contributed by atoms with Crippen LogP contribution in [0.5, 0.6) is 5.75 Å². The number of hydrogen-bond donors (Lipinski definition) is 1. The van der Waals surface area contributed by atoms with Crippen molar-refractivity contribution in [1.82, 2.24) is 34.8 Å². The van der Waals surface area contributed by atoms with Crippen LogP contribution in [0.3, 0.4) is 0 Å². The quantitative estimate of drug-likeness (QED) is 0.337. The molecule has 36 heavy (non-hydrogen) atoms. The molecule has 1 saturated heterocycles. The maximum absolute atomic E-state index is 13.4. The van der Waals surface area contributed by atoms with Crippen molar-refractivity contribution in [3.05, 3.63) is 65.7 Å². The molecule has 3 aromatic heterocycles. The Bertz CT molecular complexity index is 1460. The molecule has 4 aromatic rings. The van der Waals surface area contributed by atoms with E-state index in [1.54, 1.807) is 30.2 Å². The Morgan fingerprint density at radius 1 is 1.11 bits per heavy atom. The predicted octanol–water partition coefficient (Wildman–Crippen LogP) is 2.02. The van der Waals surface area contributed by atoms with Gasteiger partial charge in [0, 0.05) is 37.4 Å². The maximum atomic E-state index is 13.4. The Hall–Kier alpha value is -4.54. The zero-order chi connectivity index (χ0) is 25.4. The summed E-state index contributed by atoms with van der Waals surface area (Å²) in [4.78, 5) is 51.5. The van der Waals surface area contributed by atoms with Crippen LogP contribution in [-0.2, 0) is 4.79 Å². The number of pyridine rings is 1. The third-order valence-corrected chi connectivity index (χ3v) is 6.31. The van der Waals surface area contributed by atoms with Crippen LogP contribution in [0.15, 0.2) is 48.9 Å². The Morgan fingerprint density at radius 2 is 1.89 bits per heavy atom. The summed E-state index contributed by atoms with van der Waals surface area (Å²) in [6.07, 6.45) is 4.55. The van der Waals surface area contributed by atoms with Crippen LogP contribution in [0.2, 0.25) is 0 Å². The number of amides is 2. The van der Waals surface area contributed by atoms with E-state index in [0.717, 1.165) is 0 Å². The number of benzene rings is 1. The zero-order valence-corrected chi connectivity index (χ0v) is 20.1. The molecule has 0 bridgehead atoms. The summed E-state index contributed by atoms with van der Waals surface area (Å²) in [5.41, 5.74) is 1.96. The molecule has 1 fully saturated rings. The number of H-pyrrole nitrogens is 1. The van der Waals surface area contributed by atoms with Crippen molar-refractivity contribution >= 4 is 28.5 Å². The minimum Gasteiger partial charge on any atom is -0.494 e. The van der Waals surface area contributed by atoms with E-state index in [1.807, 2.05) is 25.1 Å². The van der Waals surface area contributed by atoms with Gasteiger partial charge < -0.3 is 19.5 Å². The number of carbonyl (C=O) groups is 3. The largest absolute Gasteiger partial charge is 0.494 e. The summed E-state index contributed by atoms with van der Waals surface area (Å²) in [6, 6.07) is 8.78. The number of ketones is 1. The van der Waals surface area contributed by atoms with Crippen molar-refractivity contribution in [1.29, 1.82) is 0 Å². The van der Waals surface area contributed by atoms with Crippen molar-refractivity contribution in [3.63, 3.8) is 0 Å². The molecule has 2 amide bonds. The third-order valence-electron chi connectivity index (χ3n) is 6.31. The van der Waals surface area contributed by atoms with Gasteiger partial charge in [0.15, 0.2) is 5.82 Å². The van der Waals surface area contributed by atoms with Gasteiger partial charge in [0.2, 0.25) is 0 Å². The molecule has 1 N–H and O–H groups in total. The van der Waals surface area contributed by atoms with E-state index >= 15 is 0 Å². The topological polar surface area (TPSA) is 126 Å². The van der Waals surface area contributed by atoms with Crippen molar-refractivity contribution in [2.45, 2.75) is 19.9 Å². The molecular formula is C25H25N7O4. The highest BCUT2D eigenvalue weighted by Gasteiger charge is 2.34. The summed E-state index contributed by atoms with van der Waals surface area (Å²) in [7, 11) is 1.47. The van der Waals surface area contributed by atoms with E-state index in [0.29, 0.717) is 40.3 Å². The van der Waals surface area contributed by atoms with E-state index < -0.39 is 11.7 Å². The summed E-state index contributed by atoms with van der Waals surface area (Å²) < 4.78 is 5.44. The minimum atomic E-state index is -0.670. The van der Waals surface area contributed by atoms with Gasteiger partial charge in [0.05, 0.1) is 41.7 Å². The van der Waals surface area contributed by atoms with Gasteiger partial charge in [0.25, 0.3) is 17.6 Å². The molecule has 1 atom stereocenters. The molecule has 0 unspecified atom stereocenters. The normalized spacial score (nSPS) is 15.8. The molecule has 5 rings (SSSR count). The molecule has 11 nitrogen and oxygen atoms in total. The number of nitrogens with one attached hydrogen (secondary N) is 1. The first-order valence-electron chi connectivity index (χ1n) is 11.5. The number of Topliss-reactive ketones (excluding diaryl/α,β-unsaturated/α-hetero) is 1. The van der Waals surface area contributed by atoms with Crippen molar-refractivity contribution in [2.75, 3.05) is 26.7 Å². The lowest BCUT2D eigenvalue weighted by atomic mass is 10.1. The van der Waals surface area contributed by atoms with Gasteiger partial charge in [-0.05, 0) is 26.0 Å². The molecule has 1 aliphatic rings. The van der Waals surface area contributed by atoms with E-state index in [-0.39, 0.29) is 30.6 Å². The van der Waals surface area contributed by atoms with E-state index in [9.17, 15) is 14.4 Å². The summed E-state index contributed by atoms with van der Waals surface area (Å²) in [5.74, 6) is -0.668. The number of rotatable bonds is 5. The smallest absolute Gasteiger partial charge is 0.295 e.